The molecule has 5 heteroatoms. The molecule has 2 unspecified atom stereocenters. The van der Waals surface area contributed by atoms with Gasteiger partial charge in [-0.05, 0) is 32.9 Å². The van der Waals surface area contributed by atoms with Crippen LogP contribution in [0.15, 0.2) is 0 Å². The van der Waals surface area contributed by atoms with Gasteiger partial charge in [-0.3, -0.25) is 4.79 Å². The summed E-state index contributed by atoms with van der Waals surface area (Å²) in [7, 11) is 2.17. The van der Waals surface area contributed by atoms with Crippen LogP contribution in [0.1, 0.15) is 25.7 Å². The second-order valence-electron chi connectivity index (χ2n) is 5.99. The van der Waals surface area contributed by atoms with Crippen LogP contribution >= 0.6 is 0 Å². The summed E-state index contributed by atoms with van der Waals surface area (Å²) >= 11 is 0. The molecule has 0 spiro atoms. The van der Waals surface area contributed by atoms with Crippen molar-refractivity contribution in [3.05, 3.63) is 0 Å². The van der Waals surface area contributed by atoms with E-state index in [1.54, 1.807) is 0 Å². The molecule has 0 bridgehead atoms. The summed E-state index contributed by atoms with van der Waals surface area (Å²) < 4.78 is 0. The van der Waals surface area contributed by atoms with Crippen molar-refractivity contribution >= 4 is 5.91 Å². The smallest absolute Gasteiger partial charge is 0.224 e. The summed E-state index contributed by atoms with van der Waals surface area (Å²) in [5, 5.41) is 3.05. The molecule has 0 aromatic heterocycles. The normalized spacial score (nSPS) is 29.6. The highest BCUT2D eigenvalue weighted by molar-refractivity contribution is 5.79. The topological polar surface area (TPSA) is 61.6 Å². The van der Waals surface area contributed by atoms with E-state index in [-0.39, 0.29) is 17.9 Å². The molecule has 2 fully saturated rings. The molecule has 1 saturated carbocycles. The molecule has 5 nitrogen and oxygen atoms in total. The standard InChI is InChI=1S/C14H28N4O/c1-17-8-10-18(11-9-17)7-3-6-16-14(19)12-4-2-5-13(12)15/h12-13H,2-11,15H2,1H3,(H,16,19). The average molecular weight is 268 g/mol. The number of likely N-dealkylation sites (N-methyl/N-ethyl adjacent to an activating group) is 1. The quantitative estimate of drug-likeness (QED) is 0.682. The van der Waals surface area contributed by atoms with Crippen LogP contribution in [0.4, 0.5) is 0 Å². The number of rotatable bonds is 5. The van der Waals surface area contributed by atoms with Crippen molar-refractivity contribution in [2.24, 2.45) is 11.7 Å². The fraction of sp³-hybridized carbons (Fsp3) is 0.929. The molecule has 2 atom stereocenters. The van der Waals surface area contributed by atoms with Gasteiger partial charge in [0.05, 0.1) is 5.92 Å². The number of nitrogens with zero attached hydrogens (tertiary/aromatic N) is 2. The number of carbonyl (C=O) groups excluding carboxylic acids is 1. The summed E-state index contributed by atoms with van der Waals surface area (Å²) in [5.74, 6) is 0.229. The summed E-state index contributed by atoms with van der Waals surface area (Å²) in [4.78, 5) is 16.8. The van der Waals surface area contributed by atoms with E-state index < -0.39 is 0 Å². The minimum Gasteiger partial charge on any atom is -0.356 e. The van der Waals surface area contributed by atoms with E-state index in [1.165, 1.54) is 0 Å². The highest BCUT2D eigenvalue weighted by Gasteiger charge is 2.29. The number of hydrogen-bond acceptors (Lipinski definition) is 4. The Balaban J connectivity index is 1.55. The third-order valence-corrected chi connectivity index (χ3v) is 4.45. The van der Waals surface area contributed by atoms with Crippen LogP contribution in [-0.2, 0) is 4.79 Å². The maximum absolute atomic E-state index is 11.9. The van der Waals surface area contributed by atoms with Crippen molar-refractivity contribution in [2.45, 2.75) is 31.7 Å². The molecule has 0 aromatic carbocycles. The first-order valence-corrected chi connectivity index (χ1v) is 7.61. The number of carbonyl (C=O) groups is 1. The van der Waals surface area contributed by atoms with Crippen LogP contribution in [0, 0.1) is 5.92 Å². The second-order valence-corrected chi connectivity index (χ2v) is 5.99. The SMILES string of the molecule is CN1CCN(CCCNC(=O)C2CCCC2N)CC1. The van der Waals surface area contributed by atoms with Gasteiger partial charge >= 0.3 is 0 Å². The summed E-state index contributed by atoms with van der Waals surface area (Å²) in [6.45, 7) is 6.49. The molecule has 1 amide bonds. The molecule has 0 radical (unpaired) electrons. The first-order valence-electron chi connectivity index (χ1n) is 7.61. The zero-order chi connectivity index (χ0) is 13.7. The van der Waals surface area contributed by atoms with Gasteiger partial charge in [0.25, 0.3) is 0 Å². The maximum atomic E-state index is 11.9. The summed E-state index contributed by atoms with van der Waals surface area (Å²) in [5.41, 5.74) is 5.94. The van der Waals surface area contributed by atoms with Gasteiger partial charge in [0.1, 0.15) is 0 Å². The van der Waals surface area contributed by atoms with E-state index in [9.17, 15) is 4.79 Å². The highest BCUT2D eigenvalue weighted by Crippen LogP contribution is 2.23. The van der Waals surface area contributed by atoms with E-state index in [1.807, 2.05) is 0 Å². The van der Waals surface area contributed by atoms with Crippen LogP contribution in [0.25, 0.3) is 0 Å². The van der Waals surface area contributed by atoms with Crippen molar-refractivity contribution in [1.82, 2.24) is 15.1 Å². The molecular weight excluding hydrogens is 240 g/mol. The van der Waals surface area contributed by atoms with E-state index in [2.05, 4.69) is 22.2 Å². The Kier molecular flexibility index (Phi) is 5.60. The molecule has 110 valence electrons. The average Bonchev–Trinajstić information content (AvgIpc) is 2.83. The molecule has 19 heavy (non-hydrogen) atoms. The van der Waals surface area contributed by atoms with Crippen LogP contribution in [0.3, 0.4) is 0 Å². The lowest BCUT2D eigenvalue weighted by Crippen LogP contribution is -2.45. The number of amides is 1. The summed E-state index contributed by atoms with van der Waals surface area (Å²) in [6.07, 6.45) is 4.10. The van der Waals surface area contributed by atoms with Gasteiger partial charge in [0.15, 0.2) is 0 Å². The fourth-order valence-electron chi connectivity index (χ4n) is 3.03. The molecule has 2 rings (SSSR count). The third-order valence-electron chi connectivity index (χ3n) is 4.45. The maximum Gasteiger partial charge on any atom is 0.224 e. The molecule has 1 heterocycles. The Bertz CT molecular complexity index is 289. The molecule has 1 saturated heterocycles. The molecule has 0 aromatic rings. The van der Waals surface area contributed by atoms with Gasteiger partial charge in [0.2, 0.25) is 5.91 Å². The third kappa shape index (κ3) is 4.44. The lowest BCUT2D eigenvalue weighted by atomic mass is 10.0. The van der Waals surface area contributed by atoms with Gasteiger partial charge in [0, 0.05) is 38.8 Å². The summed E-state index contributed by atoms with van der Waals surface area (Å²) in [6, 6.07) is 0.0811. The lowest BCUT2D eigenvalue weighted by Gasteiger charge is -2.32. The van der Waals surface area contributed by atoms with Crippen molar-refractivity contribution in [1.29, 1.82) is 0 Å². The van der Waals surface area contributed by atoms with Crippen molar-refractivity contribution in [3.63, 3.8) is 0 Å². The molecule has 1 aliphatic heterocycles. The monoisotopic (exact) mass is 268 g/mol. The van der Waals surface area contributed by atoms with Crippen molar-refractivity contribution in [2.75, 3.05) is 46.3 Å². The Morgan fingerprint density at radius 3 is 2.63 bits per heavy atom. The van der Waals surface area contributed by atoms with Crippen molar-refractivity contribution in [3.8, 4) is 0 Å². The molecule has 2 aliphatic rings. The van der Waals surface area contributed by atoms with Gasteiger partial charge in [-0.15, -0.1) is 0 Å². The number of hydrogen-bond donors (Lipinski definition) is 2. The van der Waals surface area contributed by atoms with Gasteiger partial charge < -0.3 is 20.9 Å². The van der Waals surface area contributed by atoms with Crippen molar-refractivity contribution < 1.29 is 4.79 Å². The number of nitrogens with one attached hydrogen (secondary N) is 1. The Hall–Kier alpha value is -0.650. The zero-order valence-corrected chi connectivity index (χ0v) is 12.1. The predicted molar refractivity (Wildman–Crippen MR) is 76.9 cm³/mol. The van der Waals surface area contributed by atoms with E-state index in [0.29, 0.717) is 0 Å². The number of piperazine rings is 1. The molecular formula is C14H28N4O. The molecule has 3 N–H and O–H groups in total. The predicted octanol–water partition coefficient (Wildman–Crippen LogP) is -0.132. The van der Waals surface area contributed by atoms with Crippen LogP contribution in [0.2, 0.25) is 0 Å². The fourth-order valence-corrected chi connectivity index (χ4v) is 3.03. The second kappa shape index (κ2) is 7.22. The van der Waals surface area contributed by atoms with Crippen LogP contribution in [0.5, 0.6) is 0 Å². The van der Waals surface area contributed by atoms with Gasteiger partial charge in [-0.25, -0.2) is 0 Å². The van der Waals surface area contributed by atoms with Gasteiger partial charge in [-0.1, -0.05) is 6.42 Å². The first-order chi connectivity index (χ1) is 9.16. The zero-order valence-electron chi connectivity index (χ0n) is 12.1. The van der Waals surface area contributed by atoms with Crippen LogP contribution < -0.4 is 11.1 Å². The van der Waals surface area contributed by atoms with Crippen LogP contribution in [-0.4, -0.2) is 68.1 Å². The van der Waals surface area contributed by atoms with E-state index in [4.69, 9.17) is 5.73 Å². The minimum absolute atomic E-state index is 0.0589. The molecule has 1 aliphatic carbocycles. The van der Waals surface area contributed by atoms with E-state index in [0.717, 1.165) is 65.0 Å². The first kappa shape index (κ1) is 14.8. The highest BCUT2D eigenvalue weighted by atomic mass is 16.1. The Morgan fingerprint density at radius 2 is 2.00 bits per heavy atom. The lowest BCUT2D eigenvalue weighted by molar-refractivity contribution is -0.125. The van der Waals surface area contributed by atoms with E-state index >= 15 is 0 Å². The Morgan fingerprint density at radius 1 is 1.26 bits per heavy atom. The number of nitrogens with two attached hydrogens (primary N) is 1. The minimum atomic E-state index is 0.0589. The Labute approximate surface area is 116 Å². The largest absolute Gasteiger partial charge is 0.356 e. The van der Waals surface area contributed by atoms with Gasteiger partial charge in [-0.2, -0.15) is 0 Å².